The third-order valence-corrected chi connectivity index (χ3v) is 5.58. The molecule has 0 saturated heterocycles. The normalized spacial score (nSPS) is 15.7. The van der Waals surface area contributed by atoms with Gasteiger partial charge in [0.15, 0.2) is 0 Å². The van der Waals surface area contributed by atoms with Gasteiger partial charge in [-0.15, -0.1) is 0 Å². The van der Waals surface area contributed by atoms with E-state index in [2.05, 4.69) is 17.1 Å². The maximum atomic E-state index is 12.7. The molecule has 0 fully saturated rings. The molecule has 1 aliphatic carbocycles. The predicted molar refractivity (Wildman–Crippen MR) is 106 cm³/mol. The van der Waals surface area contributed by atoms with Crippen LogP contribution in [0.3, 0.4) is 0 Å². The number of hydrogen-bond acceptors (Lipinski definition) is 3. The summed E-state index contributed by atoms with van der Waals surface area (Å²) in [7, 11) is 1.86. The number of rotatable bonds is 4. The van der Waals surface area contributed by atoms with E-state index in [9.17, 15) is 9.59 Å². The lowest BCUT2D eigenvalue weighted by molar-refractivity contribution is -0.132. The first-order valence-electron chi connectivity index (χ1n) is 9.34. The largest absolute Gasteiger partial charge is 0.339 e. The molecule has 1 heterocycles. The van der Waals surface area contributed by atoms with Gasteiger partial charge in [-0.05, 0) is 42.5 Å². The zero-order chi connectivity index (χ0) is 19.0. The number of aromatic nitrogens is 2. The minimum atomic E-state index is -0.0923. The number of amides is 1. The molecule has 0 spiro atoms. The van der Waals surface area contributed by atoms with E-state index in [4.69, 9.17) is 0 Å². The summed E-state index contributed by atoms with van der Waals surface area (Å²) in [5, 5.41) is 0.600. The molecule has 1 unspecified atom stereocenters. The summed E-state index contributed by atoms with van der Waals surface area (Å²) in [5.74, 6) is 0.0490. The summed E-state index contributed by atoms with van der Waals surface area (Å²) in [4.78, 5) is 31.7. The Morgan fingerprint density at radius 2 is 2.04 bits per heavy atom. The maximum Gasteiger partial charge on any atom is 0.261 e. The summed E-state index contributed by atoms with van der Waals surface area (Å²) in [6.45, 7) is 2.28. The molecule has 1 aliphatic rings. The second-order valence-electron chi connectivity index (χ2n) is 7.22. The molecule has 0 saturated carbocycles. The lowest BCUT2D eigenvalue weighted by Crippen LogP contribution is -2.32. The number of fused-ring (bicyclic) bond motifs is 2. The first-order valence-corrected chi connectivity index (χ1v) is 9.34. The highest BCUT2D eigenvalue weighted by molar-refractivity contribution is 5.80. The van der Waals surface area contributed by atoms with Gasteiger partial charge in [-0.3, -0.25) is 14.2 Å². The van der Waals surface area contributed by atoms with E-state index in [0.29, 0.717) is 11.9 Å². The Balaban J connectivity index is 1.49. The van der Waals surface area contributed by atoms with Crippen molar-refractivity contribution in [3.05, 3.63) is 75.8 Å². The fraction of sp³-hybridized carbons (Fsp3) is 0.318. The lowest BCUT2D eigenvalue weighted by atomic mass is 10.1. The zero-order valence-electron chi connectivity index (χ0n) is 15.7. The minimum absolute atomic E-state index is 0.0490. The molecule has 1 aromatic heterocycles. The van der Waals surface area contributed by atoms with Crippen LogP contribution in [0.4, 0.5) is 0 Å². The van der Waals surface area contributed by atoms with E-state index in [1.165, 1.54) is 15.7 Å². The van der Waals surface area contributed by atoms with E-state index >= 15 is 0 Å². The van der Waals surface area contributed by atoms with Crippen LogP contribution in [0, 0.1) is 6.92 Å². The summed E-state index contributed by atoms with van der Waals surface area (Å²) in [5.41, 5.74) is 4.18. The predicted octanol–water partition coefficient (Wildman–Crippen LogP) is 3.24. The van der Waals surface area contributed by atoms with Gasteiger partial charge in [0.2, 0.25) is 5.91 Å². The van der Waals surface area contributed by atoms with Gasteiger partial charge in [0.05, 0.1) is 23.3 Å². The molecule has 1 atom stereocenters. The number of carbonyl (C=O) groups is 1. The number of aryl methyl sites for hydroxylation is 3. The average molecular weight is 361 g/mol. The molecule has 0 radical (unpaired) electrons. The Morgan fingerprint density at radius 1 is 1.22 bits per heavy atom. The van der Waals surface area contributed by atoms with Crippen LogP contribution in [-0.4, -0.2) is 27.4 Å². The Bertz CT molecular complexity index is 1070. The van der Waals surface area contributed by atoms with Gasteiger partial charge in [0.1, 0.15) is 0 Å². The first kappa shape index (κ1) is 17.5. The Labute approximate surface area is 158 Å². The summed E-state index contributed by atoms with van der Waals surface area (Å²) in [6.07, 6.45) is 3.80. The number of carbonyl (C=O) groups excluding carboxylic acids is 1. The van der Waals surface area contributed by atoms with Crippen LogP contribution in [0.1, 0.15) is 35.6 Å². The standard InChI is InChI=1S/C22H23N3O2/c1-15-6-5-9-18-21(15)23-14-25(22(18)27)13-12-20(26)24(2)19-11-10-16-7-3-4-8-17(16)19/h3-9,14,19H,10-13H2,1-2H3. The van der Waals surface area contributed by atoms with Crippen LogP contribution in [0.15, 0.2) is 53.6 Å². The van der Waals surface area contributed by atoms with Gasteiger partial charge >= 0.3 is 0 Å². The molecule has 1 amide bonds. The lowest BCUT2D eigenvalue weighted by Gasteiger charge is -2.25. The maximum absolute atomic E-state index is 12.7. The zero-order valence-corrected chi connectivity index (χ0v) is 15.7. The van der Waals surface area contributed by atoms with Crippen molar-refractivity contribution in [3.8, 4) is 0 Å². The van der Waals surface area contributed by atoms with Crippen molar-refractivity contribution in [1.82, 2.24) is 14.5 Å². The van der Waals surface area contributed by atoms with Crippen LogP contribution in [0.25, 0.3) is 10.9 Å². The van der Waals surface area contributed by atoms with Crippen LogP contribution < -0.4 is 5.56 Å². The fourth-order valence-corrected chi connectivity index (χ4v) is 4.00. The Morgan fingerprint density at radius 3 is 2.89 bits per heavy atom. The molecule has 0 aliphatic heterocycles. The van der Waals surface area contributed by atoms with Gasteiger partial charge in [0, 0.05) is 20.0 Å². The Hall–Kier alpha value is -2.95. The smallest absolute Gasteiger partial charge is 0.261 e. The van der Waals surface area contributed by atoms with Crippen molar-refractivity contribution in [2.45, 2.75) is 38.8 Å². The third kappa shape index (κ3) is 3.14. The molecule has 3 aromatic rings. The third-order valence-electron chi connectivity index (χ3n) is 5.58. The monoisotopic (exact) mass is 361 g/mol. The van der Waals surface area contributed by atoms with Gasteiger partial charge < -0.3 is 4.90 Å². The number of benzene rings is 2. The van der Waals surface area contributed by atoms with E-state index in [1.807, 2.05) is 43.1 Å². The SMILES string of the molecule is Cc1cccc2c(=O)n(CCC(=O)N(C)C3CCc4ccccc43)cnc12. The molecule has 4 rings (SSSR count). The number of nitrogens with zero attached hydrogens (tertiary/aromatic N) is 3. The highest BCUT2D eigenvalue weighted by atomic mass is 16.2. The fourth-order valence-electron chi connectivity index (χ4n) is 4.00. The van der Waals surface area contributed by atoms with Crippen molar-refractivity contribution in [2.24, 2.45) is 0 Å². The van der Waals surface area contributed by atoms with Gasteiger partial charge in [0.25, 0.3) is 5.56 Å². The average Bonchev–Trinajstić information content (AvgIpc) is 3.11. The van der Waals surface area contributed by atoms with Crippen molar-refractivity contribution < 1.29 is 4.79 Å². The van der Waals surface area contributed by atoms with Gasteiger partial charge in [-0.1, -0.05) is 36.4 Å². The van der Waals surface area contributed by atoms with Crippen LogP contribution in [0.5, 0.6) is 0 Å². The topological polar surface area (TPSA) is 55.2 Å². The van der Waals surface area contributed by atoms with E-state index in [0.717, 1.165) is 23.9 Å². The highest BCUT2D eigenvalue weighted by Crippen LogP contribution is 2.35. The van der Waals surface area contributed by atoms with Crippen molar-refractivity contribution >= 4 is 16.8 Å². The summed E-state index contributed by atoms with van der Waals surface area (Å²) < 4.78 is 1.54. The van der Waals surface area contributed by atoms with Crippen molar-refractivity contribution in [1.29, 1.82) is 0 Å². The molecular formula is C22H23N3O2. The van der Waals surface area contributed by atoms with Crippen LogP contribution in [0.2, 0.25) is 0 Å². The quantitative estimate of drug-likeness (QED) is 0.717. The minimum Gasteiger partial charge on any atom is -0.339 e. The van der Waals surface area contributed by atoms with E-state index in [1.54, 1.807) is 12.4 Å². The molecule has 5 nitrogen and oxygen atoms in total. The molecule has 138 valence electrons. The summed E-state index contributed by atoms with van der Waals surface area (Å²) in [6, 6.07) is 14.0. The number of para-hydroxylation sites is 1. The Kier molecular flexibility index (Phi) is 4.52. The highest BCUT2D eigenvalue weighted by Gasteiger charge is 2.28. The molecular weight excluding hydrogens is 338 g/mol. The molecule has 5 heteroatoms. The van der Waals surface area contributed by atoms with Crippen molar-refractivity contribution in [3.63, 3.8) is 0 Å². The number of hydrogen-bond donors (Lipinski definition) is 0. The van der Waals surface area contributed by atoms with Gasteiger partial charge in [-0.25, -0.2) is 4.98 Å². The van der Waals surface area contributed by atoms with Gasteiger partial charge in [-0.2, -0.15) is 0 Å². The molecule has 27 heavy (non-hydrogen) atoms. The molecule has 0 N–H and O–H groups in total. The molecule has 0 bridgehead atoms. The van der Waals surface area contributed by atoms with E-state index in [-0.39, 0.29) is 23.9 Å². The molecule has 2 aromatic carbocycles. The van der Waals surface area contributed by atoms with Crippen LogP contribution >= 0.6 is 0 Å². The van der Waals surface area contributed by atoms with Crippen LogP contribution in [-0.2, 0) is 17.8 Å². The van der Waals surface area contributed by atoms with E-state index < -0.39 is 0 Å². The second-order valence-corrected chi connectivity index (χ2v) is 7.22. The first-order chi connectivity index (χ1) is 13.1. The summed E-state index contributed by atoms with van der Waals surface area (Å²) >= 11 is 0. The van der Waals surface area contributed by atoms with Crippen molar-refractivity contribution in [2.75, 3.05) is 7.05 Å². The second kappa shape index (κ2) is 6.99.